The Morgan fingerprint density at radius 1 is 1.33 bits per heavy atom. The van der Waals surface area contributed by atoms with Crippen molar-refractivity contribution in [3.8, 4) is 0 Å². The molecule has 4 atom stereocenters. The van der Waals surface area contributed by atoms with E-state index in [0.29, 0.717) is 23.7 Å². The van der Waals surface area contributed by atoms with Crippen LogP contribution in [0.15, 0.2) is 5.16 Å². The highest BCUT2D eigenvalue weighted by atomic mass is 35.5. The molecule has 1 saturated carbocycles. The van der Waals surface area contributed by atoms with Crippen molar-refractivity contribution in [3.05, 3.63) is 10.8 Å². The van der Waals surface area contributed by atoms with Crippen LogP contribution in [0.1, 0.15) is 39.3 Å². The zero-order chi connectivity index (χ0) is 17.5. The van der Waals surface area contributed by atoms with Gasteiger partial charge < -0.3 is 20.3 Å². The second kappa shape index (κ2) is 6.96. The lowest BCUT2D eigenvalue weighted by molar-refractivity contribution is -0.166. The third-order valence-electron chi connectivity index (χ3n) is 4.40. The Labute approximate surface area is 151 Å². The molecule has 8 heteroatoms. The van der Waals surface area contributed by atoms with Crippen LogP contribution >= 0.6 is 23.4 Å². The number of nitrogen functional groups attached to an aromatic ring is 1. The largest absolute Gasteiger partial charge is 0.395 e. The predicted molar refractivity (Wildman–Crippen MR) is 94.1 cm³/mol. The number of halogens is 1. The summed E-state index contributed by atoms with van der Waals surface area (Å²) in [5, 5.41) is 11.2. The van der Waals surface area contributed by atoms with Gasteiger partial charge in [-0.05, 0) is 39.0 Å². The summed E-state index contributed by atoms with van der Waals surface area (Å²) in [5.41, 5.74) is 7.22. The number of aliphatic hydroxyl groups is 1. The molecule has 0 amide bonds. The van der Waals surface area contributed by atoms with E-state index in [9.17, 15) is 5.11 Å². The van der Waals surface area contributed by atoms with Crippen LogP contribution in [0.25, 0.3) is 0 Å². The van der Waals surface area contributed by atoms with Crippen LogP contribution in [-0.4, -0.2) is 44.9 Å². The first-order valence-corrected chi connectivity index (χ1v) is 9.65. The SMILES string of the molecule is CCCSc1nc(Cl)c(N)c(C[C@@H]2C[C@H](O)[C@H]3OC(C)(C)O[C@@H]23)n1. The molecule has 0 spiro atoms. The molecule has 0 radical (unpaired) electrons. The number of aliphatic hydroxyl groups excluding tert-OH is 1. The van der Waals surface area contributed by atoms with Crippen molar-refractivity contribution in [1.82, 2.24) is 9.97 Å². The smallest absolute Gasteiger partial charge is 0.189 e. The zero-order valence-electron chi connectivity index (χ0n) is 14.2. The molecular formula is C16H24ClN3O3S. The molecule has 1 saturated heterocycles. The van der Waals surface area contributed by atoms with Gasteiger partial charge in [-0.25, -0.2) is 9.97 Å². The van der Waals surface area contributed by atoms with Gasteiger partial charge in [0, 0.05) is 5.75 Å². The molecule has 0 unspecified atom stereocenters. The van der Waals surface area contributed by atoms with Crippen LogP contribution in [-0.2, 0) is 15.9 Å². The number of hydrogen-bond acceptors (Lipinski definition) is 7. The van der Waals surface area contributed by atoms with Gasteiger partial charge in [0.15, 0.2) is 16.1 Å². The summed E-state index contributed by atoms with van der Waals surface area (Å²) in [6.45, 7) is 5.83. The normalized spacial score (nSPS) is 31.4. The molecule has 1 aromatic heterocycles. The van der Waals surface area contributed by atoms with Crippen molar-refractivity contribution in [3.63, 3.8) is 0 Å². The molecule has 2 fully saturated rings. The fourth-order valence-electron chi connectivity index (χ4n) is 3.38. The van der Waals surface area contributed by atoms with Crippen molar-refractivity contribution < 1.29 is 14.6 Å². The molecular weight excluding hydrogens is 350 g/mol. The first-order chi connectivity index (χ1) is 11.3. The average Bonchev–Trinajstić information content (AvgIpc) is 2.97. The van der Waals surface area contributed by atoms with E-state index in [1.54, 1.807) is 11.8 Å². The second-order valence-corrected chi connectivity index (χ2v) is 8.26. The summed E-state index contributed by atoms with van der Waals surface area (Å²) < 4.78 is 11.8. The maximum Gasteiger partial charge on any atom is 0.189 e. The number of nitrogens with two attached hydrogens (primary N) is 1. The highest BCUT2D eigenvalue weighted by Crippen LogP contribution is 2.43. The van der Waals surface area contributed by atoms with Crippen LogP contribution in [0.3, 0.4) is 0 Å². The Bertz CT molecular complexity index is 616. The number of ether oxygens (including phenoxy) is 2. The van der Waals surface area contributed by atoms with E-state index in [1.807, 2.05) is 13.8 Å². The van der Waals surface area contributed by atoms with Gasteiger partial charge in [0.2, 0.25) is 0 Å². The number of thioether (sulfide) groups is 1. The lowest BCUT2D eigenvalue weighted by Crippen LogP contribution is -2.28. The topological polar surface area (TPSA) is 90.5 Å². The quantitative estimate of drug-likeness (QED) is 0.465. The van der Waals surface area contributed by atoms with Crippen molar-refractivity contribution in [1.29, 1.82) is 0 Å². The van der Waals surface area contributed by atoms with E-state index in [2.05, 4.69) is 16.9 Å². The van der Waals surface area contributed by atoms with Gasteiger partial charge in [-0.2, -0.15) is 0 Å². The Morgan fingerprint density at radius 2 is 2.04 bits per heavy atom. The molecule has 1 aromatic rings. The zero-order valence-corrected chi connectivity index (χ0v) is 15.7. The summed E-state index contributed by atoms with van der Waals surface area (Å²) in [6.07, 6.45) is 1.24. The Kier molecular flexibility index (Phi) is 5.28. The van der Waals surface area contributed by atoms with E-state index in [0.717, 1.165) is 17.9 Å². The van der Waals surface area contributed by atoms with Gasteiger partial charge in [-0.1, -0.05) is 30.3 Å². The molecule has 2 aliphatic rings. The highest BCUT2D eigenvalue weighted by Gasteiger charge is 2.53. The lowest BCUT2D eigenvalue weighted by atomic mass is 9.98. The lowest BCUT2D eigenvalue weighted by Gasteiger charge is -2.22. The standard InChI is InChI=1S/C16H24ClN3O3S/c1-4-5-24-15-19-9(11(18)14(17)20-15)6-8-7-10(21)13-12(8)22-16(2,3)23-13/h8,10,12-13,21H,4-7,18H2,1-3H3/t8-,10+,12+,13-/m1/s1. The minimum Gasteiger partial charge on any atom is -0.395 e. The first kappa shape index (κ1) is 18.2. The van der Waals surface area contributed by atoms with Gasteiger partial charge in [-0.3, -0.25) is 0 Å². The fraction of sp³-hybridized carbons (Fsp3) is 0.750. The molecule has 24 heavy (non-hydrogen) atoms. The molecule has 134 valence electrons. The number of rotatable bonds is 5. The molecule has 0 aromatic carbocycles. The van der Waals surface area contributed by atoms with Gasteiger partial charge >= 0.3 is 0 Å². The number of fused-ring (bicyclic) bond motifs is 1. The van der Waals surface area contributed by atoms with Crippen molar-refractivity contribution >= 4 is 29.1 Å². The maximum absolute atomic E-state index is 10.3. The summed E-state index contributed by atoms with van der Waals surface area (Å²) >= 11 is 7.74. The van der Waals surface area contributed by atoms with Crippen LogP contribution in [0, 0.1) is 5.92 Å². The number of aromatic nitrogens is 2. The van der Waals surface area contributed by atoms with Crippen molar-refractivity contribution in [2.75, 3.05) is 11.5 Å². The van der Waals surface area contributed by atoms with Crippen molar-refractivity contribution in [2.45, 2.75) is 69.3 Å². The van der Waals surface area contributed by atoms with Gasteiger partial charge in [-0.15, -0.1) is 0 Å². The summed E-state index contributed by atoms with van der Waals surface area (Å²) in [6, 6.07) is 0. The van der Waals surface area contributed by atoms with E-state index in [4.69, 9.17) is 26.8 Å². The molecule has 1 aliphatic heterocycles. The van der Waals surface area contributed by atoms with Gasteiger partial charge in [0.05, 0.1) is 23.6 Å². The maximum atomic E-state index is 10.3. The summed E-state index contributed by atoms with van der Waals surface area (Å²) in [7, 11) is 0. The summed E-state index contributed by atoms with van der Waals surface area (Å²) in [4.78, 5) is 8.81. The number of anilines is 1. The predicted octanol–water partition coefficient (Wildman–Crippen LogP) is 2.66. The molecule has 3 N–H and O–H groups in total. The van der Waals surface area contributed by atoms with Crippen LogP contribution in [0.4, 0.5) is 5.69 Å². The molecule has 6 nitrogen and oxygen atoms in total. The van der Waals surface area contributed by atoms with Crippen LogP contribution in [0.5, 0.6) is 0 Å². The van der Waals surface area contributed by atoms with Gasteiger partial charge in [0.25, 0.3) is 0 Å². The monoisotopic (exact) mass is 373 g/mol. The third kappa shape index (κ3) is 3.65. The minimum atomic E-state index is -0.675. The van der Waals surface area contributed by atoms with Gasteiger partial charge in [0.1, 0.15) is 6.10 Å². The number of hydrogen-bond donors (Lipinski definition) is 2. The fourth-order valence-corrected chi connectivity index (χ4v) is 4.34. The molecule has 0 bridgehead atoms. The molecule has 3 rings (SSSR count). The Morgan fingerprint density at radius 3 is 2.75 bits per heavy atom. The number of nitrogens with zero attached hydrogens (tertiary/aromatic N) is 2. The highest BCUT2D eigenvalue weighted by molar-refractivity contribution is 7.99. The first-order valence-electron chi connectivity index (χ1n) is 8.29. The minimum absolute atomic E-state index is 0.0871. The Hall–Kier alpha value is -0.600. The van der Waals surface area contributed by atoms with Crippen LogP contribution < -0.4 is 5.73 Å². The average molecular weight is 374 g/mol. The van der Waals surface area contributed by atoms with E-state index in [-0.39, 0.29) is 23.3 Å². The molecule has 2 heterocycles. The van der Waals surface area contributed by atoms with Crippen molar-refractivity contribution in [2.24, 2.45) is 5.92 Å². The Balaban J connectivity index is 1.79. The summed E-state index contributed by atoms with van der Waals surface area (Å²) in [5.74, 6) is 0.341. The van der Waals surface area contributed by atoms with E-state index >= 15 is 0 Å². The van der Waals surface area contributed by atoms with E-state index in [1.165, 1.54) is 0 Å². The van der Waals surface area contributed by atoms with Crippen LogP contribution in [0.2, 0.25) is 5.15 Å². The molecule has 1 aliphatic carbocycles. The van der Waals surface area contributed by atoms with E-state index < -0.39 is 11.9 Å². The second-order valence-electron chi connectivity index (χ2n) is 6.84. The third-order valence-corrected chi connectivity index (χ3v) is 5.74.